The summed E-state index contributed by atoms with van der Waals surface area (Å²) < 4.78 is 0. The highest BCUT2D eigenvalue weighted by Crippen LogP contribution is 2.27. The van der Waals surface area contributed by atoms with Gasteiger partial charge >= 0.3 is 12.0 Å². The summed E-state index contributed by atoms with van der Waals surface area (Å²) >= 11 is 0. The topological polar surface area (TPSA) is 69.6 Å². The number of terminal acetylenes is 1. The highest BCUT2D eigenvalue weighted by atomic mass is 16.4. The fourth-order valence-corrected chi connectivity index (χ4v) is 2.35. The Kier molecular flexibility index (Phi) is 6.20. The van der Waals surface area contributed by atoms with Crippen LogP contribution in [0.4, 0.5) is 4.79 Å². The van der Waals surface area contributed by atoms with Crippen LogP contribution in [0.1, 0.15) is 32.6 Å². The molecule has 0 aromatic carbocycles. The number of carbonyl (C=O) groups excluding carboxylic acids is 1. The molecule has 1 saturated carbocycles. The van der Waals surface area contributed by atoms with Crippen molar-refractivity contribution < 1.29 is 14.7 Å². The molecule has 0 saturated heterocycles. The quantitative estimate of drug-likeness (QED) is 0.742. The SMILES string of the molecule is C#CCN(CC(=O)O)C(=O)NCC1CCC(C)CC1. The Morgan fingerprint density at radius 2 is 2.00 bits per heavy atom. The monoisotopic (exact) mass is 266 g/mol. The molecule has 0 aromatic heterocycles. The summed E-state index contributed by atoms with van der Waals surface area (Å²) in [5.74, 6) is 2.51. The van der Waals surface area contributed by atoms with Gasteiger partial charge in [0.2, 0.25) is 0 Å². The van der Waals surface area contributed by atoms with Gasteiger partial charge in [0.05, 0.1) is 6.54 Å². The highest BCUT2D eigenvalue weighted by molar-refractivity contribution is 5.80. The van der Waals surface area contributed by atoms with E-state index in [0.717, 1.165) is 23.7 Å². The predicted octanol–water partition coefficient (Wildman–Crippen LogP) is 1.54. The summed E-state index contributed by atoms with van der Waals surface area (Å²) in [5.41, 5.74) is 0. The van der Waals surface area contributed by atoms with Crippen LogP contribution in [0.5, 0.6) is 0 Å². The first-order chi connectivity index (χ1) is 9.02. The molecule has 2 amide bonds. The van der Waals surface area contributed by atoms with Crippen molar-refractivity contribution in [2.24, 2.45) is 11.8 Å². The number of nitrogens with zero attached hydrogens (tertiary/aromatic N) is 1. The van der Waals surface area contributed by atoms with Gasteiger partial charge in [-0.25, -0.2) is 4.79 Å². The molecule has 1 aliphatic carbocycles. The lowest BCUT2D eigenvalue weighted by atomic mass is 9.83. The van der Waals surface area contributed by atoms with Crippen molar-refractivity contribution in [3.05, 3.63) is 0 Å². The van der Waals surface area contributed by atoms with E-state index in [2.05, 4.69) is 18.2 Å². The predicted molar refractivity (Wildman–Crippen MR) is 72.6 cm³/mol. The van der Waals surface area contributed by atoms with Crippen molar-refractivity contribution in [1.29, 1.82) is 0 Å². The zero-order valence-corrected chi connectivity index (χ0v) is 11.4. The highest BCUT2D eigenvalue weighted by Gasteiger charge is 2.20. The van der Waals surface area contributed by atoms with Crippen LogP contribution in [0.15, 0.2) is 0 Å². The van der Waals surface area contributed by atoms with Crippen LogP contribution >= 0.6 is 0 Å². The van der Waals surface area contributed by atoms with Gasteiger partial charge in [0.1, 0.15) is 6.54 Å². The maximum absolute atomic E-state index is 11.8. The Morgan fingerprint density at radius 3 is 2.53 bits per heavy atom. The molecule has 0 heterocycles. The van der Waals surface area contributed by atoms with Crippen molar-refractivity contribution in [3.8, 4) is 12.3 Å². The van der Waals surface area contributed by atoms with Gasteiger partial charge in [-0.1, -0.05) is 25.7 Å². The average Bonchev–Trinajstić information content (AvgIpc) is 2.37. The van der Waals surface area contributed by atoms with Crippen LogP contribution in [0.2, 0.25) is 0 Å². The third kappa shape index (κ3) is 5.64. The van der Waals surface area contributed by atoms with Crippen LogP contribution in [0.25, 0.3) is 0 Å². The van der Waals surface area contributed by atoms with E-state index in [-0.39, 0.29) is 19.1 Å². The van der Waals surface area contributed by atoms with Gasteiger partial charge in [0.15, 0.2) is 0 Å². The zero-order valence-electron chi connectivity index (χ0n) is 11.4. The Labute approximate surface area is 114 Å². The molecule has 0 spiro atoms. The van der Waals surface area contributed by atoms with Gasteiger partial charge in [-0.2, -0.15) is 0 Å². The Hall–Kier alpha value is -1.70. The number of nitrogens with one attached hydrogen (secondary N) is 1. The van der Waals surface area contributed by atoms with Crippen molar-refractivity contribution >= 4 is 12.0 Å². The van der Waals surface area contributed by atoms with Gasteiger partial charge < -0.3 is 15.3 Å². The van der Waals surface area contributed by atoms with Crippen LogP contribution in [-0.4, -0.2) is 41.6 Å². The maximum Gasteiger partial charge on any atom is 0.323 e. The molecule has 1 aliphatic rings. The summed E-state index contributed by atoms with van der Waals surface area (Å²) in [7, 11) is 0. The van der Waals surface area contributed by atoms with Crippen LogP contribution in [-0.2, 0) is 4.79 Å². The molecule has 19 heavy (non-hydrogen) atoms. The number of urea groups is 1. The summed E-state index contributed by atoms with van der Waals surface area (Å²) in [6, 6.07) is -0.390. The standard InChI is InChI=1S/C14H22N2O3/c1-3-8-16(10-13(17)18)14(19)15-9-12-6-4-11(2)5-7-12/h1,11-12H,4-10H2,2H3,(H,15,19)(H,17,18). The van der Waals surface area contributed by atoms with E-state index >= 15 is 0 Å². The summed E-state index contributed by atoms with van der Waals surface area (Å²) in [6.07, 6.45) is 9.77. The van der Waals surface area contributed by atoms with Gasteiger partial charge in [0, 0.05) is 6.54 Å². The first-order valence-corrected chi connectivity index (χ1v) is 6.71. The van der Waals surface area contributed by atoms with E-state index < -0.39 is 5.97 Å². The molecule has 2 N–H and O–H groups in total. The number of rotatable bonds is 5. The summed E-state index contributed by atoms with van der Waals surface area (Å²) in [6.45, 7) is 2.50. The van der Waals surface area contributed by atoms with Gasteiger partial charge in [-0.3, -0.25) is 4.79 Å². The second-order valence-electron chi connectivity index (χ2n) is 5.27. The first kappa shape index (κ1) is 15.4. The molecule has 0 aromatic rings. The third-order valence-electron chi connectivity index (χ3n) is 3.57. The minimum Gasteiger partial charge on any atom is -0.480 e. The van der Waals surface area contributed by atoms with E-state index in [1.54, 1.807) is 0 Å². The van der Waals surface area contributed by atoms with Gasteiger partial charge in [-0.05, 0) is 24.7 Å². The normalized spacial score (nSPS) is 22.3. The Balaban J connectivity index is 2.35. The van der Waals surface area contributed by atoms with Gasteiger partial charge in [0.25, 0.3) is 0 Å². The number of hydrogen-bond donors (Lipinski definition) is 2. The molecule has 1 rings (SSSR count). The third-order valence-corrected chi connectivity index (χ3v) is 3.57. The molecular weight excluding hydrogens is 244 g/mol. The number of hydrogen-bond acceptors (Lipinski definition) is 2. The molecule has 1 fully saturated rings. The van der Waals surface area contributed by atoms with E-state index in [1.165, 1.54) is 12.8 Å². The van der Waals surface area contributed by atoms with Crippen LogP contribution < -0.4 is 5.32 Å². The van der Waals surface area contributed by atoms with E-state index in [9.17, 15) is 9.59 Å². The summed E-state index contributed by atoms with van der Waals surface area (Å²) in [5, 5.41) is 11.5. The molecule has 5 nitrogen and oxygen atoms in total. The van der Waals surface area contributed by atoms with E-state index in [1.807, 2.05) is 0 Å². The molecule has 5 heteroatoms. The molecule has 0 aliphatic heterocycles. The fraction of sp³-hybridized carbons (Fsp3) is 0.714. The lowest BCUT2D eigenvalue weighted by Crippen LogP contribution is -2.44. The maximum atomic E-state index is 11.8. The first-order valence-electron chi connectivity index (χ1n) is 6.71. The smallest absolute Gasteiger partial charge is 0.323 e. The number of amides is 2. The number of carboxylic acid groups (broad SMARTS) is 1. The minimum atomic E-state index is -1.06. The largest absolute Gasteiger partial charge is 0.480 e. The van der Waals surface area contributed by atoms with E-state index in [0.29, 0.717) is 12.5 Å². The lowest BCUT2D eigenvalue weighted by Gasteiger charge is -2.27. The zero-order chi connectivity index (χ0) is 14.3. The minimum absolute atomic E-state index is 0.0137. The van der Waals surface area contributed by atoms with Crippen molar-refractivity contribution in [2.75, 3.05) is 19.6 Å². The second-order valence-corrected chi connectivity index (χ2v) is 5.27. The van der Waals surface area contributed by atoms with Crippen molar-refractivity contribution in [3.63, 3.8) is 0 Å². The molecular formula is C14H22N2O3. The van der Waals surface area contributed by atoms with Crippen LogP contribution in [0, 0.1) is 24.2 Å². The molecule has 106 valence electrons. The lowest BCUT2D eigenvalue weighted by molar-refractivity contribution is -0.137. The second kappa shape index (κ2) is 7.67. The van der Waals surface area contributed by atoms with Crippen LogP contribution in [0.3, 0.4) is 0 Å². The Morgan fingerprint density at radius 1 is 1.37 bits per heavy atom. The number of carbonyl (C=O) groups is 2. The molecule has 0 atom stereocenters. The Bertz CT molecular complexity index is 354. The average molecular weight is 266 g/mol. The fourth-order valence-electron chi connectivity index (χ4n) is 2.35. The van der Waals surface area contributed by atoms with Crippen molar-refractivity contribution in [1.82, 2.24) is 10.2 Å². The molecule has 0 radical (unpaired) electrons. The molecule has 0 bridgehead atoms. The molecule has 0 unspecified atom stereocenters. The number of carboxylic acids is 1. The van der Waals surface area contributed by atoms with Crippen molar-refractivity contribution in [2.45, 2.75) is 32.6 Å². The van der Waals surface area contributed by atoms with E-state index in [4.69, 9.17) is 11.5 Å². The summed E-state index contributed by atoms with van der Waals surface area (Å²) in [4.78, 5) is 23.6. The number of aliphatic carboxylic acids is 1. The van der Waals surface area contributed by atoms with Gasteiger partial charge in [-0.15, -0.1) is 6.42 Å².